The second-order valence-electron chi connectivity index (χ2n) is 3.73. The molecule has 1 unspecified atom stereocenters. The summed E-state index contributed by atoms with van der Waals surface area (Å²) in [6.45, 7) is 0.906. The van der Waals surface area contributed by atoms with E-state index in [2.05, 4.69) is 15.4 Å². The van der Waals surface area contributed by atoms with E-state index in [0.717, 1.165) is 0 Å². The van der Waals surface area contributed by atoms with Crippen LogP contribution in [0.5, 0.6) is 0 Å². The predicted molar refractivity (Wildman–Crippen MR) is 64.1 cm³/mol. The van der Waals surface area contributed by atoms with E-state index in [-0.39, 0.29) is 23.9 Å². The van der Waals surface area contributed by atoms with Gasteiger partial charge in [0.05, 0.1) is 24.1 Å². The molecule has 1 aromatic rings. The highest BCUT2D eigenvalue weighted by atomic mass is 16.6. The SMILES string of the molecule is N#CC1CN(c2ncnc(NN)c2[N+](=O)[O-])CCO1. The average Bonchev–Trinajstić information content (AvgIpc) is 2.46. The van der Waals surface area contributed by atoms with Crippen LogP contribution < -0.4 is 16.2 Å². The third-order valence-electron chi connectivity index (χ3n) is 2.63. The number of ether oxygens (including phenoxy) is 1. The van der Waals surface area contributed by atoms with Crippen LogP contribution in [0.1, 0.15) is 0 Å². The molecule has 0 radical (unpaired) electrons. The minimum absolute atomic E-state index is 0.0741. The number of anilines is 2. The molecule has 2 rings (SSSR count). The minimum atomic E-state index is -0.641. The average molecular weight is 265 g/mol. The third-order valence-corrected chi connectivity index (χ3v) is 2.63. The summed E-state index contributed by atoms with van der Waals surface area (Å²) >= 11 is 0. The Morgan fingerprint density at radius 1 is 1.68 bits per heavy atom. The van der Waals surface area contributed by atoms with Crippen LogP contribution in [-0.4, -0.2) is 40.7 Å². The van der Waals surface area contributed by atoms with E-state index in [9.17, 15) is 10.1 Å². The molecule has 10 nitrogen and oxygen atoms in total. The normalized spacial score (nSPS) is 18.7. The number of nitrogens with one attached hydrogen (secondary N) is 1. The molecule has 0 amide bonds. The van der Waals surface area contributed by atoms with Crippen LogP contribution in [0.25, 0.3) is 0 Å². The number of rotatable bonds is 3. The van der Waals surface area contributed by atoms with Gasteiger partial charge in [0, 0.05) is 6.54 Å². The van der Waals surface area contributed by atoms with Crippen molar-refractivity contribution in [2.45, 2.75) is 6.10 Å². The van der Waals surface area contributed by atoms with Crippen molar-refractivity contribution in [2.24, 2.45) is 5.84 Å². The molecule has 2 heterocycles. The second-order valence-corrected chi connectivity index (χ2v) is 3.73. The quantitative estimate of drug-likeness (QED) is 0.415. The van der Waals surface area contributed by atoms with Crippen molar-refractivity contribution < 1.29 is 9.66 Å². The van der Waals surface area contributed by atoms with E-state index in [1.165, 1.54) is 6.33 Å². The predicted octanol–water partition coefficient (Wildman–Crippen LogP) is -0.601. The lowest BCUT2D eigenvalue weighted by Crippen LogP contribution is -2.42. The first-order valence-corrected chi connectivity index (χ1v) is 5.39. The van der Waals surface area contributed by atoms with Crippen LogP contribution in [0, 0.1) is 21.4 Å². The number of morpholine rings is 1. The number of nitrogens with two attached hydrogens (primary N) is 1. The summed E-state index contributed by atoms with van der Waals surface area (Å²) in [5, 5.41) is 19.9. The highest BCUT2D eigenvalue weighted by molar-refractivity contribution is 5.70. The van der Waals surface area contributed by atoms with Gasteiger partial charge in [-0.05, 0) is 0 Å². The van der Waals surface area contributed by atoms with E-state index in [1.807, 2.05) is 6.07 Å². The third kappa shape index (κ3) is 2.51. The van der Waals surface area contributed by atoms with Gasteiger partial charge in [-0.15, -0.1) is 0 Å². The van der Waals surface area contributed by atoms with Crippen molar-refractivity contribution in [1.82, 2.24) is 9.97 Å². The maximum absolute atomic E-state index is 11.1. The largest absolute Gasteiger partial charge is 0.360 e. The maximum Gasteiger partial charge on any atom is 0.354 e. The molecule has 19 heavy (non-hydrogen) atoms. The van der Waals surface area contributed by atoms with Crippen molar-refractivity contribution in [3.05, 3.63) is 16.4 Å². The zero-order valence-electron chi connectivity index (χ0n) is 9.81. The van der Waals surface area contributed by atoms with Gasteiger partial charge in [0.15, 0.2) is 6.10 Å². The number of nitrogens with zero attached hydrogens (tertiary/aromatic N) is 5. The first-order valence-electron chi connectivity index (χ1n) is 5.39. The van der Waals surface area contributed by atoms with Crippen LogP contribution in [0.15, 0.2) is 6.33 Å². The van der Waals surface area contributed by atoms with Gasteiger partial charge in [-0.25, -0.2) is 15.8 Å². The Morgan fingerprint density at radius 3 is 3.11 bits per heavy atom. The summed E-state index contributed by atoms with van der Waals surface area (Å²) in [5.74, 6) is 5.25. The van der Waals surface area contributed by atoms with Crippen molar-refractivity contribution in [3.8, 4) is 6.07 Å². The van der Waals surface area contributed by atoms with E-state index in [1.54, 1.807) is 4.90 Å². The van der Waals surface area contributed by atoms with Crippen LogP contribution in [0.2, 0.25) is 0 Å². The van der Waals surface area contributed by atoms with Gasteiger partial charge in [-0.1, -0.05) is 0 Å². The monoisotopic (exact) mass is 265 g/mol. The fourth-order valence-corrected chi connectivity index (χ4v) is 1.79. The molecule has 1 saturated heterocycles. The molecule has 0 aliphatic carbocycles. The van der Waals surface area contributed by atoms with E-state index >= 15 is 0 Å². The van der Waals surface area contributed by atoms with Crippen LogP contribution in [0.4, 0.5) is 17.3 Å². The molecule has 10 heteroatoms. The van der Waals surface area contributed by atoms with Crippen molar-refractivity contribution >= 4 is 17.3 Å². The van der Waals surface area contributed by atoms with Crippen molar-refractivity contribution in [2.75, 3.05) is 30.0 Å². The Morgan fingerprint density at radius 2 is 2.47 bits per heavy atom. The summed E-state index contributed by atoms with van der Waals surface area (Å²) < 4.78 is 5.18. The lowest BCUT2D eigenvalue weighted by molar-refractivity contribution is -0.383. The zero-order chi connectivity index (χ0) is 13.8. The number of hydrogen-bond acceptors (Lipinski definition) is 9. The number of hydrazine groups is 1. The lowest BCUT2D eigenvalue weighted by atomic mass is 10.2. The molecule has 1 aliphatic rings. The van der Waals surface area contributed by atoms with Crippen LogP contribution in [-0.2, 0) is 4.74 Å². The van der Waals surface area contributed by atoms with Gasteiger partial charge in [0.2, 0.25) is 11.6 Å². The van der Waals surface area contributed by atoms with E-state index in [0.29, 0.717) is 13.2 Å². The smallest absolute Gasteiger partial charge is 0.354 e. The molecule has 1 atom stereocenters. The molecule has 100 valence electrons. The molecular formula is C9H11N7O3. The second kappa shape index (κ2) is 5.42. The molecule has 1 fully saturated rings. The Balaban J connectivity index is 2.39. The fourth-order valence-electron chi connectivity index (χ4n) is 1.79. The molecule has 0 spiro atoms. The maximum atomic E-state index is 11.1. The number of nitrogen functional groups attached to an aromatic ring is 1. The highest BCUT2D eigenvalue weighted by Crippen LogP contribution is 2.31. The summed E-state index contributed by atoms with van der Waals surface area (Å²) in [7, 11) is 0. The number of hydrogen-bond donors (Lipinski definition) is 2. The molecule has 1 aliphatic heterocycles. The van der Waals surface area contributed by atoms with E-state index < -0.39 is 11.0 Å². The van der Waals surface area contributed by atoms with Gasteiger partial charge < -0.3 is 15.1 Å². The first kappa shape index (κ1) is 12.9. The molecule has 1 aromatic heterocycles. The molecular weight excluding hydrogens is 254 g/mol. The first-order chi connectivity index (χ1) is 9.17. The number of nitro groups is 1. The highest BCUT2D eigenvalue weighted by Gasteiger charge is 2.30. The zero-order valence-corrected chi connectivity index (χ0v) is 9.81. The van der Waals surface area contributed by atoms with Gasteiger partial charge in [0.1, 0.15) is 6.33 Å². The molecule has 0 saturated carbocycles. The fraction of sp³-hybridized carbons (Fsp3) is 0.444. The van der Waals surface area contributed by atoms with Crippen LogP contribution in [0.3, 0.4) is 0 Å². The summed E-state index contributed by atoms with van der Waals surface area (Å²) in [5.41, 5.74) is 1.85. The number of aromatic nitrogens is 2. The van der Waals surface area contributed by atoms with Gasteiger partial charge in [-0.2, -0.15) is 5.26 Å². The Kier molecular flexibility index (Phi) is 3.69. The number of nitriles is 1. The van der Waals surface area contributed by atoms with Gasteiger partial charge in [-0.3, -0.25) is 10.1 Å². The topological polar surface area (TPSA) is 143 Å². The van der Waals surface area contributed by atoms with Gasteiger partial charge in [0.25, 0.3) is 0 Å². The molecule has 3 N–H and O–H groups in total. The standard InChI is InChI=1S/C9H11N7O3/c10-3-6-4-15(1-2-19-6)9-7(16(17)18)8(14-11)12-5-13-9/h5-6H,1-2,4,11H2,(H,12,13,14). The Bertz CT molecular complexity index is 529. The van der Waals surface area contributed by atoms with Crippen molar-refractivity contribution in [1.29, 1.82) is 5.26 Å². The molecule has 0 bridgehead atoms. The minimum Gasteiger partial charge on any atom is -0.360 e. The lowest BCUT2D eigenvalue weighted by Gasteiger charge is -2.30. The van der Waals surface area contributed by atoms with E-state index in [4.69, 9.17) is 15.8 Å². The summed E-state index contributed by atoms with van der Waals surface area (Å²) in [6.07, 6.45) is 0.534. The Hall–Kier alpha value is -2.51. The summed E-state index contributed by atoms with van der Waals surface area (Å²) in [4.78, 5) is 19.7. The van der Waals surface area contributed by atoms with Gasteiger partial charge >= 0.3 is 5.69 Å². The summed E-state index contributed by atoms with van der Waals surface area (Å²) in [6, 6.07) is 1.96. The van der Waals surface area contributed by atoms with Crippen LogP contribution >= 0.6 is 0 Å². The molecule has 0 aromatic carbocycles. The Labute approximate surface area is 107 Å². The van der Waals surface area contributed by atoms with Crippen molar-refractivity contribution in [3.63, 3.8) is 0 Å².